The number of aromatic nitrogens is 1. The van der Waals surface area contributed by atoms with E-state index in [-0.39, 0.29) is 17.7 Å². The molecule has 3 rings (SSSR count). The lowest BCUT2D eigenvalue weighted by Gasteiger charge is -2.31. The van der Waals surface area contributed by atoms with Gasteiger partial charge < -0.3 is 10.2 Å². The number of nitrogens with zero attached hydrogens (tertiary/aromatic N) is 2. The number of rotatable bonds is 7. The predicted molar refractivity (Wildman–Crippen MR) is 105 cm³/mol. The third kappa shape index (κ3) is 4.81. The molecule has 2 heterocycles. The lowest BCUT2D eigenvalue weighted by atomic mass is 9.95. The van der Waals surface area contributed by atoms with Gasteiger partial charge in [-0.3, -0.25) is 9.59 Å². The zero-order chi connectivity index (χ0) is 18.4. The van der Waals surface area contributed by atoms with Gasteiger partial charge >= 0.3 is 0 Å². The molecule has 1 aliphatic rings. The second kappa shape index (κ2) is 9.12. The highest BCUT2D eigenvalue weighted by atomic mass is 32.1. The van der Waals surface area contributed by atoms with E-state index < -0.39 is 0 Å². The predicted octanol–water partition coefficient (Wildman–Crippen LogP) is 3.38. The molecule has 1 fully saturated rings. The molecule has 2 amide bonds. The van der Waals surface area contributed by atoms with E-state index in [0.29, 0.717) is 19.5 Å². The SMILES string of the molecule is CCCNC(=O)C1CCN(C(=O)CCCc2nc3ccccc3s2)CC1. The van der Waals surface area contributed by atoms with E-state index in [4.69, 9.17) is 0 Å². The third-order valence-electron chi connectivity index (χ3n) is 4.89. The van der Waals surface area contributed by atoms with E-state index >= 15 is 0 Å². The van der Waals surface area contributed by atoms with Gasteiger partial charge in [-0.2, -0.15) is 0 Å². The van der Waals surface area contributed by atoms with Crippen molar-refractivity contribution in [3.63, 3.8) is 0 Å². The van der Waals surface area contributed by atoms with Crippen LogP contribution in [-0.2, 0) is 16.0 Å². The molecule has 6 heteroatoms. The molecule has 0 aliphatic carbocycles. The number of fused-ring (bicyclic) bond motifs is 1. The normalized spacial score (nSPS) is 15.3. The third-order valence-corrected chi connectivity index (χ3v) is 5.98. The van der Waals surface area contributed by atoms with E-state index in [1.807, 2.05) is 23.1 Å². The van der Waals surface area contributed by atoms with Gasteiger partial charge in [-0.05, 0) is 44.2 Å². The van der Waals surface area contributed by atoms with Crippen molar-refractivity contribution in [2.24, 2.45) is 5.92 Å². The summed E-state index contributed by atoms with van der Waals surface area (Å²) < 4.78 is 1.21. The summed E-state index contributed by atoms with van der Waals surface area (Å²) in [6, 6.07) is 8.14. The van der Waals surface area contributed by atoms with Crippen LogP contribution in [0.1, 0.15) is 44.0 Å². The number of carbonyl (C=O) groups is 2. The van der Waals surface area contributed by atoms with Crippen molar-refractivity contribution in [3.05, 3.63) is 29.3 Å². The molecule has 0 radical (unpaired) electrons. The minimum atomic E-state index is 0.0633. The van der Waals surface area contributed by atoms with Crippen LogP contribution in [0.25, 0.3) is 10.2 Å². The standard InChI is InChI=1S/C20H27N3O2S/c1-2-12-21-20(25)15-10-13-23(14-11-15)19(24)9-5-8-18-22-16-6-3-4-7-17(16)26-18/h3-4,6-7,15H,2,5,8-14H2,1H3,(H,21,25). The number of thiazole rings is 1. The molecule has 0 spiro atoms. The van der Waals surface area contributed by atoms with E-state index in [0.717, 1.165) is 49.2 Å². The highest BCUT2D eigenvalue weighted by Crippen LogP contribution is 2.23. The minimum Gasteiger partial charge on any atom is -0.356 e. The van der Waals surface area contributed by atoms with Gasteiger partial charge in [0.2, 0.25) is 11.8 Å². The molecular weight excluding hydrogens is 346 g/mol. The quantitative estimate of drug-likeness (QED) is 0.809. The first-order chi connectivity index (χ1) is 12.7. The zero-order valence-corrected chi connectivity index (χ0v) is 16.2. The molecule has 1 aromatic heterocycles. The van der Waals surface area contributed by atoms with Crippen LogP contribution >= 0.6 is 11.3 Å². The molecule has 0 saturated carbocycles. The van der Waals surface area contributed by atoms with Crippen LogP contribution in [0.5, 0.6) is 0 Å². The molecule has 5 nitrogen and oxygen atoms in total. The number of piperidine rings is 1. The Labute approximate surface area is 158 Å². The van der Waals surface area contributed by atoms with Gasteiger partial charge in [0.05, 0.1) is 15.2 Å². The Bertz CT molecular complexity index is 717. The number of carbonyl (C=O) groups excluding carboxylic acids is 2. The fourth-order valence-electron chi connectivity index (χ4n) is 3.36. The summed E-state index contributed by atoms with van der Waals surface area (Å²) in [6.07, 6.45) is 4.75. The van der Waals surface area contributed by atoms with Crippen LogP contribution in [0.15, 0.2) is 24.3 Å². The van der Waals surface area contributed by atoms with E-state index in [2.05, 4.69) is 23.3 Å². The molecule has 0 bridgehead atoms. The molecule has 26 heavy (non-hydrogen) atoms. The van der Waals surface area contributed by atoms with Crippen molar-refractivity contribution < 1.29 is 9.59 Å². The van der Waals surface area contributed by atoms with Crippen molar-refractivity contribution in [1.82, 2.24) is 15.2 Å². The first-order valence-corrected chi connectivity index (χ1v) is 10.4. The largest absolute Gasteiger partial charge is 0.356 e. The van der Waals surface area contributed by atoms with Gasteiger partial charge in [0, 0.05) is 32.0 Å². The van der Waals surface area contributed by atoms with Gasteiger partial charge in [0.15, 0.2) is 0 Å². The number of nitrogens with one attached hydrogen (secondary N) is 1. The summed E-state index contributed by atoms with van der Waals surface area (Å²) >= 11 is 1.71. The van der Waals surface area contributed by atoms with Gasteiger partial charge in [-0.25, -0.2) is 4.98 Å². The Morgan fingerprint density at radius 1 is 1.27 bits per heavy atom. The summed E-state index contributed by atoms with van der Waals surface area (Å²) in [7, 11) is 0. The van der Waals surface area contributed by atoms with E-state index in [1.165, 1.54) is 4.70 Å². The lowest BCUT2D eigenvalue weighted by Crippen LogP contribution is -2.43. The Balaban J connectivity index is 1.39. The molecule has 140 valence electrons. The van der Waals surface area contributed by atoms with Crippen LogP contribution in [0, 0.1) is 5.92 Å². The highest BCUT2D eigenvalue weighted by Gasteiger charge is 2.26. The van der Waals surface area contributed by atoms with Crippen LogP contribution in [0.2, 0.25) is 0 Å². The molecule has 1 N–H and O–H groups in total. The Morgan fingerprint density at radius 2 is 2.04 bits per heavy atom. The van der Waals surface area contributed by atoms with E-state index in [9.17, 15) is 9.59 Å². The maximum Gasteiger partial charge on any atom is 0.223 e. The molecule has 0 atom stereocenters. The van der Waals surface area contributed by atoms with Gasteiger partial charge in [0.1, 0.15) is 0 Å². The molecule has 1 aliphatic heterocycles. The van der Waals surface area contributed by atoms with Crippen molar-refractivity contribution in [2.75, 3.05) is 19.6 Å². The Kier molecular flexibility index (Phi) is 6.61. The highest BCUT2D eigenvalue weighted by molar-refractivity contribution is 7.18. The van der Waals surface area contributed by atoms with Gasteiger partial charge in [-0.15, -0.1) is 11.3 Å². The molecule has 0 unspecified atom stereocenters. The number of aryl methyl sites for hydroxylation is 1. The topological polar surface area (TPSA) is 62.3 Å². The van der Waals surface area contributed by atoms with Crippen molar-refractivity contribution in [3.8, 4) is 0 Å². The monoisotopic (exact) mass is 373 g/mol. The minimum absolute atomic E-state index is 0.0633. The maximum absolute atomic E-state index is 12.4. The second-order valence-electron chi connectivity index (χ2n) is 6.87. The first kappa shape index (κ1) is 18.8. The summed E-state index contributed by atoms with van der Waals surface area (Å²) in [5.74, 6) is 0.418. The number of likely N-dealkylation sites (tertiary alicyclic amines) is 1. The number of hydrogen-bond donors (Lipinski definition) is 1. The zero-order valence-electron chi connectivity index (χ0n) is 15.4. The van der Waals surface area contributed by atoms with Crippen LogP contribution in [0.4, 0.5) is 0 Å². The van der Waals surface area contributed by atoms with Gasteiger partial charge in [-0.1, -0.05) is 19.1 Å². The van der Waals surface area contributed by atoms with Crippen molar-refractivity contribution in [2.45, 2.75) is 45.4 Å². The van der Waals surface area contributed by atoms with Crippen LogP contribution in [-0.4, -0.2) is 41.3 Å². The fourth-order valence-corrected chi connectivity index (χ4v) is 4.37. The number of amides is 2. The van der Waals surface area contributed by atoms with Crippen LogP contribution < -0.4 is 5.32 Å². The van der Waals surface area contributed by atoms with E-state index in [1.54, 1.807) is 11.3 Å². The summed E-state index contributed by atoms with van der Waals surface area (Å²) in [5.41, 5.74) is 1.04. The summed E-state index contributed by atoms with van der Waals surface area (Å²) in [6.45, 7) is 4.19. The molecular formula is C20H27N3O2S. The Morgan fingerprint density at radius 3 is 2.77 bits per heavy atom. The molecule has 2 aromatic rings. The van der Waals surface area contributed by atoms with Gasteiger partial charge in [0.25, 0.3) is 0 Å². The first-order valence-electron chi connectivity index (χ1n) is 9.57. The molecule has 1 aromatic carbocycles. The van der Waals surface area contributed by atoms with Crippen molar-refractivity contribution >= 4 is 33.4 Å². The fraction of sp³-hybridized carbons (Fsp3) is 0.550. The van der Waals surface area contributed by atoms with Crippen LogP contribution in [0.3, 0.4) is 0 Å². The second-order valence-corrected chi connectivity index (χ2v) is 7.99. The number of benzene rings is 1. The number of hydrogen-bond acceptors (Lipinski definition) is 4. The maximum atomic E-state index is 12.4. The smallest absolute Gasteiger partial charge is 0.223 e. The lowest BCUT2D eigenvalue weighted by molar-refractivity contribution is -0.135. The summed E-state index contributed by atoms with van der Waals surface area (Å²) in [4.78, 5) is 31.0. The van der Waals surface area contributed by atoms with Crippen molar-refractivity contribution in [1.29, 1.82) is 0 Å². The average molecular weight is 374 g/mol. The summed E-state index contributed by atoms with van der Waals surface area (Å²) in [5, 5.41) is 4.06. The average Bonchev–Trinajstić information content (AvgIpc) is 3.09. The molecule has 1 saturated heterocycles. The number of para-hydroxylation sites is 1. The Hall–Kier alpha value is -1.95.